The van der Waals surface area contributed by atoms with E-state index in [9.17, 15) is 4.79 Å². The van der Waals surface area contributed by atoms with Crippen LogP contribution in [0.4, 0.5) is 10.5 Å². The molecule has 1 aromatic heterocycles. The Morgan fingerprint density at radius 3 is 2.83 bits per heavy atom. The molecule has 2 heterocycles. The molecule has 2 N–H and O–H groups in total. The minimum absolute atomic E-state index is 0.00280. The number of aromatic nitrogens is 2. The van der Waals surface area contributed by atoms with Crippen molar-refractivity contribution in [3.63, 3.8) is 0 Å². The van der Waals surface area contributed by atoms with E-state index in [1.54, 1.807) is 12.5 Å². The van der Waals surface area contributed by atoms with Gasteiger partial charge in [-0.3, -0.25) is 0 Å². The smallest absolute Gasteiger partial charge is 0.317 e. The highest BCUT2D eigenvalue weighted by Gasteiger charge is 2.22. The predicted molar refractivity (Wildman–Crippen MR) is 95.7 cm³/mol. The van der Waals surface area contributed by atoms with Crippen molar-refractivity contribution < 1.29 is 4.79 Å². The first-order valence-corrected chi connectivity index (χ1v) is 8.52. The molecule has 3 rings (SSSR count). The Bertz CT molecular complexity index is 680. The maximum Gasteiger partial charge on any atom is 0.317 e. The quantitative estimate of drug-likeness (QED) is 0.893. The van der Waals surface area contributed by atoms with Crippen LogP contribution in [-0.2, 0) is 6.42 Å². The molecule has 128 valence electrons. The summed E-state index contributed by atoms with van der Waals surface area (Å²) in [6.07, 6.45) is 4.18. The van der Waals surface area contributed by atoms with E-state index in [0.717, 1.165) is 35.9 Å². The van der Waals surface area contributed by atoms with Gasteiger partial charge in [0.15, 0.2) is 0 Å². The van der Waals surface area contributed by atoms with E-state index in [2.05, 4.69) is 27.1 Å². The molecule has 0 radical (unpaired) electrons. The summed E-state index contributed by atoms with van der Waals surface area (Å²) in [6.45, 7) is 5.74. The molecule has 7 heteroatoms. The molecule has 2 aromatic rings. The molecule has 2 amide bonds. The molecule has 1 fully saturated rings. The van der Waals surface area contributed by atoms with Gasteiger partial charge in [0.1, 0.15) is 0 Å². The van der Waals surface area contributed by atoms with E-state index in [1.807, 2.05) is 23.1 Å². The van der Waals surface area contributed by atoms with Crippen LogP contribution in [-0.4, -0.2) is 53.6 Å². The second kappa shape index (κ2) is 7.57. The number of nitrogens with one attached hydrogen (secondary N) is 2. The summed E-state index contributed by atoms with van der Waals surface area (Å²) in [5.41, 5.74) is 3.38. The summed E-state index contributed by atoms with van der Waals surface area (Å²) < 4.78 is 0. The van der Waals surface area contributed by atoms with Gasteiger partial charge in [-0.2, -0.15) is 0 Å². The van der Waals surface area contributed by atoms with Gasteiger partial charge in [-0.25, -0.2) is 9.78 Å². The van der Waals surface area contributed by atoms with Crippen LogP contribution in [0.15, 0.2) is 30.7 Å². The third-order valence-electron chi connectivity index (χ3n) is 4.30. The lowest BCUT2D eigenvalue weighted by Crippen LogP contribution is -2.52. The zero-order valence-electron chi connectivity index (χ0n) is 13.8. The molecule has 1 aromatic carbocycles. The number of hydrogen-bond donors (Lipinski definition) is 2. The summed E-state index contributed by atoms with van der Waals surface area (Å²) in [7, 11) is 0. The highest BCUT2D eigenvalue weighted by Crippen LogP contribution is 2.25. The van der Waals surface area contributed by atoms with E-state index < -0.39 is 0 Å². The minimum Gasteiger partial charge on any atom is -0.368 e. The number of rotatable bonds is 4. The predicted octanol–water partition coefficient (Wildman–Crippen LogP) is 2.45. The summed E-state index contributed by atoms with van der Waals surface area (Å²) in [5, 5.41) is 3.71. The first kappa shape index (κ1) is 16.6. The Morgan fingerprint density at radius 1 is 1.33 bits per heavy atom. The van der Waals surface area contributed by atoms with E-state index in [0.29, 0.717) is 19.6 Å². The van der Waals surface area contributed by atoms with Crippen LogP contribution in [0.3, 0.4) is 0 Å². The average Bonchev–Trinajstić information content (AvgIpc) is 3.10. The minimum atomic E-state index is -0.00280. The topological polar surface area (TPSA) is 64.3 Å². The number of piperazine rings is 1. The van der Waals surface area contributed by atoms with Crippen molar-refractivity contribution in [3.05, 3.63) is 47.0 Å². The maximum atomic E-state index is 12.2. The fraction of sp³-hybridized carbons (Fsp3) is 0.412. The van der Waals surface area contributed by atoms with Crippen molar-refractivity contribution in [2.24, 2.45) is 0 Å². The first-order chi connectivity index (χ1) is 11.6. The van der Waals surface area contributed by atoms with E-state index >= 15 is 0 Å². The van der Waals surface area contributed by atoms with Crippen molar-refractivity contribution in [2.75, 3.05) is 37.6 Å². The molecular formula is C17H22ClN5O. The number of halogens is 1. The number of amides is 2. The van der Waals surface area contributed by atoms with E-state index in [4.69, 9.17) is 11.6 Å². The monoisotopic (exact) mass is 347 g/mol. The van der Waals surface area contributed by atoms with Crippen LogP contribution in [0.1, 0.15) is 11.3 Å². The molecular weight excluding hydrogens is 326 g/mol. The van der Waals surface area contributed by atoms with E-state index in [1.165, 1.54) is 5.56 Å². The van der Waals surface area contributed by atoms with Crippen LogP contribution >= 0.6 is 11.6 Å². The molecule has 24 heavy (non-hydrogen) atoms. The van der Waals surface area contributed by atoms with Crippen LogP contribution in [0, 0.1) is 6.92 Å². The maximum absolute atomic E-state index is 12.2. The van der Waals surface area contributed by atoms with Crippen molar-refractivity contribution in [1.82, 2.24) is 20.2 Å². The van der Waals surface area contributed by atoms with Gasteiger partial charge in [-0.05, 0) is 24.6 Å². The molecule has 6 nitrogen and oxygen atoms in total. The number of aromatic amines is 1. The van der Waals surface area contributed by atoms with Crippen molar-refractivity contribution >= 4 is 23.3 Å². The third-order valence-corrected chi connectivity index (χ3v) is 4.54. The summed E-state index contributed by atoms with van der Waals surface area (Å²) >= 11 is 6.11. The Labute approximate surface area is 146 Å². The van der Waals surface area contributed by atoms with Gasteiger partial charge in [0.05, 0.1) is 6.33 Å². The second-order valence-corrected chi connectivity index (χ2v) is 6.40. The molecule has 1 aliphatic rings. The molecule has 0 atom stereocenters. The first-order valence-electron chi connectivity index (χ1n) is 8.14. The molecule has 0 aliphatic carbocycles. The van der Waals surface area contributed by atoms with Gasteiger partial charge in [0.25, 0.3) is 0 Å². The Balaban J connectivity index is 1.47. The van der Waals surface area contributed by atoms with Crippen LogP contribution in [0.25, 0.3) is 0 Å². The Morgan fingerprint density at radius 2 is 2.12 bits per heavy atom. The number of hydrogen-bond acceptors (Lipinski definition) is 3. The van der Waals surface area contributed by atoms with Crippen LogP contribution in [0.5, 0.6) is 0 Å². The number of urea groups is 1. The molecule has 0 bridgehead atoms. The van der Waals surface area contributed by atoms with Crippen molar-refractivity contribution in [3.8, 4) is 0 Å². The third kappa shape index (κ3) is 4.00. The highest BCUT2D eigenvalue weighted by molar-refractivity contribution is 6.30. The SMILES string of the molecule is Cc1ccc(Cl)cc1N1CCN(C(=O)NCCc2cnc[nH]2)CC1. The molecule has 0 unspecified atom stereocenters. The Kier molecular flexibility index (Phi) is 5.25. The van der Waals surface area contributed by atoms with Gasteiger partial charge in [0, 0.05) is 61.7 Å². The average molecular weight is 348 g/mol. The van der Waals surface area contributed by atoms with Gasteiger partial charge in [0.2, 0.25) is 0 Å². The summed E-state index contributed by atoms with van der Waals surface area (Å²) in [6, 6.07) is 5.93. The number of imidazole rings is 1. The zero-order valence-corrected chi connectivity index (χ0v) is 14.5. The van der Waals surface area contributed by atoms with Gasteiger partial charge >= 0.3 is 6.03 Å². The number of carbonyl (C=O) groups excluding carboxylic acids is 1. The van der Waals surface area contributed by atoms with E-state index in [-0.39, 0.29) is 6.03 Å². The standard InChI is InChI=1S/C17H22ClN5O/c1-13-2-3-14(18)10-16(13)22-6-8-23(9-7-22)17(24)20-5-4-15-11-19-12-21-15/h2-3,10-12H,4-9H2,1H3,(H,19,21)(H,20,24). The summed E-state index contributed by atoms with van der Waals surface area (Å²) in [4.78, 5) is 23.4. The number of H-pyrrole nitrogens is 1. The number of carbonyl (C=O) groups is 1. The number of benzene rings is 1. The lowest BCUT2D eigenvalue weighted by atomic mass is 10.1. The highest BCUT2D eigenvalue weighted by atomic mass is 35.5. The fourth-order valence-corrected chi connectivity index (χ4v) is 3.08. The zero-order chi connectivity index (χ0) is 16.9. The second-order valence-electron chi connectivity index (χ2n) is 5.96. The summed E-state index contributed by atoms with van der Waals surface area (Å²) in [5.74, 6) is 0. The Hall–Kier alpha value is -2.21. The van der Waals surface area contributed by atoms with Crippen LogP contribution < -0.4 is 10.2 Å². The lowest BCUT2D eigenvalue weighted by Gasteiger charge is -2.36. The number of nitrogens with zero attached hydrogens (tertiary/aromatic N) is 3. The lowest BCUT2D eigenvalue weighted by molar-refractivity contribution is 0.194. The van der Waals surface area contributed by atoms with Crippen molar-refractivity contribution in [2.45, 2.75) is 13.3 Å². The fourth-order valence-electron chi connectivity index (χ4n) is 2.91. The molecule has 1 saturated heterocycles. The van der Waals surface area contributed by atoms with Crippen LogP contribution in [0.2, 0.25) is 5.02 Å². The molecule has 1 aliphatic heterocycles. The molecule has 0 spiro atoms. The number of aryl methyl sites for hydroxylation is 1. The normalized spacial score (nSPS) is 14.8. The van der Waals surface area contributed by atoms with Gasteiger partial charge in [-0.15, -0.1) is 0 Å². The largest absolute Gasteiger partial charge is 0.368 e. The number of anilines is 1. The van der Waals surface area contributed by atoms with Crippen molar-refractivity contribution in [1.29, 1.82) is 0 Å². The van der Waals surface area contributed by atoms with Gasteiger partial charge in [-0.1, -0.05) is 17.7 Å². The van der Waals surface area contributed by atoms with Gasteiger partial charge < -0.3 is 20.1 Å². The molecule has 0 saturated carbocycles.